The Labute approximate surface area is 176 Å². The molecular weight excluding hydrogens is 416 g/mol. The number of aromatic nitrogens is 1. The third-order valence-electron chi connectivity index (χ3n) is 4.04. The summed E-state index contributed by atoms with van der Waals surface area (Å²) in [6.45, 7) is 1.88. The molecule has 0 saturated heterocycles. The van der Waals surface area contributed by atoms with E-state index >= 15 is 0 Å². The topological polar surface area (TPSA) is 79.1 Å². The van der Waals surface area contributed by atoms with Crippen molar-refractivity contribution in [3.05, 3.63) is 51.8 Å². The summed E-state index contributed by atoms with van der Waals surface area (Å²) in [6, 6.07) is 10.2. The van der Waals surface area contributed by atoms with Crippen LogP contribution in [-0.4, -0.2) is 37.3 Å². The van der Waals surface area contributed by atoms with Gasteiger partial charge in [-0.3, -0.25) is 9.59 Å². The third-order valence-corrected chi connectivity index (χ3v) is 5.39. The SMILES string of the molecule is CCOC(=O)Cn1c(=NC(=O)c2cc(OC)cc(OC)c2)sc2cccc(Cl)c21. The van der Waals surface area contributed by atoms with E-state index in [9.17, 15) is 9.59 Å². The number of carbonyl (C=O) groups is 2. The average molecular weight is 435 g/mol. The first-order valence-electron chi connectivity index (χ1n) is 8.72. The number of ether oxygens (including phenoxy) is 3. The van der Waals surface area contributed by atoms with E-state index < -0.39 is 11.9 Å². The van der Waals surface area contributed by atoms with Crippen LogP contribution in [0.2, 0.25) is 5.02 Å². The minimum Gasteiger partial charge on any atom is -0.497 e. The van der Waals surface area contributed by atoms with Crippen molar-refractivity contribution in [2.75, 3.05) is 20.8 Å². The number of hydrogen-bond donors (Lipinski definition) is 0. The molecule has 0 fully saturated rings. The molecule has 1 amide bonds. The van der Waals surface area contributed by atoms with Crippen LogP contribution in [0.25, 0.3) is 10.2 Å². The molecule has 3 rings (SSSR count). The maximum atomic E-state index is 12.8. The van der Waals surface area contributed by atoms with E-state index in [1.165, 1.54) is 25.6 Å². The molecule has 9 heteroatoms. The van der Waals surface area contributed by atoms with Crippen LogP contribution < -0.4 is 14.3 Å². The number of esters is 1. The van der Waals surface area contributed by atoms with Gasteiger partial charge in [0.25, 0.3) is 5.91 Å². The van der Waals surface area contributed by atoms with Gasteiger partial charge in [0.1, 0.15) is 18.0 Å². The molecule has 0 aliphatic rings. The van der Waals surface area contributed by atoms with Crippen molar-refractivity contribution in [3.63, 3.8) is 0 Å². The molecule has 0 unspecified atom stereocenters. The van der Waals surface area contributed by atoms with Crippen LogP contribution in [0.3, 0.4) is 0 Å². The van der Waals surface area contributed by atoms with Gasteiger partial charge in [0.05, 0.1) is 36.1 Å². The fraction of sp³-hybridized carbons (Fsp3) is 0.250. The zero-order chi connectivity index (χ0) is 21.0. The van der Waals surface area contributed by atoms with Gasteiger partial charge in [0.2, 0.25) is 0 Å². The number of benzene rings is 2. The normalized spacial score (nSPS) is 11.5. The molecule has 3 aromatic rings. The lowest BCUT2D eigenvalue weighted by Gasteiger charge is -2.07. The molecule has 0 aliphatic heterocycles. The Morgan fingerprint density at radius 3 is 2.45 bits per heavy atom. The molecule has 0 spiro atoms. The molecular formula is C20H19ClN2O5S. The fourth-order valence-corrected chi connectivity index (χ4v) is 4.12. The number of para-hydroxylation sites is 1. The zero-order valence-corrected chi connectivity index (χ0v) is 17.7. The highest BCUT2D eigenvalue weighted by molar-refractivity contribution is 7.16. The van der Waals surface area contributed by atoms with E-state index in [-0.39, 0.29) is 13.2 Å². The van der Waals surface area contributed by atoms with E-state index in [4.69, 9.17) is 25.8 Å². The first kappa shape index (κ1) is 20.9. The lowest BCUT2D eigenvalue weighted by Crippen LogP contribution is -2.23. The van der Waals surface area contributed by atoms with Gasteiger partial charge in [0, 0.05) is 11.6 Å². The van der Waals surface area contributed by atoms with Crippen LogP contribution in [0, 0.1) is 0 Å². The van der Waals surface area contributed by atoms with Gasteiger partial charge in [-0.15, -0.1) is 0 Å². The molecule has 0 N–H and O–H groups in total. The van der Waals surface area contributed by atoms with Crippen molar-refractivity contribution >= 4 is 45.0 Å². The molecule has 0 bridgehead atoms. The lowest BCUT2D eigenvalue weighted by molar-refractivity contribution is -0.143. The summed E-state index contributed by atoms with van der Waals surface area (Å²) in [5.41, 5.74) is 0.925. The number of amides is 1. The van der Waals surface area contributed by atoms with Crippen LogP contribution >= 0.6 is 22.9 Å². The molecule has 29 heavy (non-hydrogen) atoms. The number of halogens is 1. The standard InChI is InChI=1S/C20H19ClN2O5S/c1-4-28-17(24)11-23-18-15(21)6-5-7-16(18)29-20(23)22-19(25)12-8-13(26-2)10-14(9-12)27-3/h5-10H,4,11H2,1-3H3. The predicted octanol–water partition coefficient (Wildman–Crippen LogP) is 3.68. The third kappa shape index (κ3) is 4.60. The summed E-state index contributed by atoms with van der Waals surface area (Å²) in [6.07, 6.45) is 0. The van der Waals surface area contributed by atoms with Gasteiger partial charge < -0.3 is 18.8 Å². The van der Waals surface area contributed by atoms with Crippen molar-refractivity contribution in [3.8, 4) is 11.5 Å². The predicted molar refractivity (Wildman–Crippen MR) is 111 cm³/mol. The monoisotopic (exact) mass is 434 g/mol. The number of thiazole rings is 1. The summed E-state index contributed by atoms with van der Waals surface area (Å²) in [5.74, 6) is 0.00919. The molecule has 7 nitrogen and oxygen atoms in total. The Balaban J connectivity index is 2.13. The fourth-order valence-electron chi connectivity index (χ4n) is 2.74. The molecule has 1 heterocycles. The van der Waals surface area contributed by atoms with Crippen molar-refractivity contribution in [1.29, 1.82) is 0 Å². The molecule has 0 radical (unpaired) electrons. The second-order valence-corrected chi connectivity index (χ2v) is 7.30. The second kappa shape index (κ2) is 9.11. The summed E-state index contributed by atoms with van der Waals surface area (Å²) in [5, 5.41) is 0.458. The maximum Gasteiger partial charge on any atom is 0.326 e. The number of nitrogens with zero attached hydrogens (tertiary/aromatic N) is 2. The Bertz CT molecular complexity index is 1110. The summed E-state index contributed by atoms with van der Waals surface area (Å²) in [7, 11) is 3.00. The van der Waals surface area contributed by atoms with Gasteiger partial charge in [-0.2, -0.15) is 4.99 Å². The average Bonchev–Trinajstić information content (AvgIpc) is 3.05. The molecule has 0 atom stereocenters. The second-order valence-electron chi connectivity index (χ2n) is 5.88. The molecule has 2 aromatic carbocycles. The Morgan fingerprint density at radius 1 is 1.14 bits per heavy atom. The van der Waals surface area contributed by atoms with Gasteiger partial charge in [-0.05, 0) is 31.2 Å². The lowest BCUT2D eigenvalue weighted by atomic mass is 10.2. The van der Waals surface area contributed by atoms with E-state index in [1.807, 2.05) is 6.07 Å². The largest absolute Gasteiger partial charge is 0.497 e. The maximum absolute atomic E-state index is 12.8. The van der Waals surface area contributed by atoms with E-state index in [1.54, 1.807) is 41.8 Å². The molecule has 1 aromatic heterocycles. The summed E-state index contributed by atoms with van der Waals surface area (Å²) < 4.78 is 17.9. The van der Waals surface area contributed by atoms with Gasteiger partial charge in [0.15, 0.2) is 4.80 Å². The number of hydrogen-bond acceptors (Lipinski definition) is 6. The number of methoxy groups -OCH3 is 2. The Morgan fingerprint density at radius 2 is 1.83 bits per heavy atom. The highest BCUT2D eigenvalue weighted by Crippen LogP contribution is 2.26. The minimum absolute atomic E-state index is 0.106. The number of rotatable bonds is 6. The molecule has 152 valence electrons. The molecule has 0 aliphatic carbocycles. The van der Waals surface area contributed by atoms with Crippen LogP contribution in [0.15, 0.2) is 41.4 Å². The van der Waals surface area contributed by atoms with E-state index in [2.05, 4.69) is 4.99 Å². The first-order valence-corrected chi connectivity index (χ1v) is 9.91. The number of carbonyl (C=O) groups excluding carboxylic acids is 2. The van der Waals surface area contributed by atoms with Gasteiger partial charge >= 0.3 is 5.97 Å². The molecule has 0 saturated carbocycles. The van der Waals surface area contributed by atoms with Crippen molar-refractivity contribution < 1.29 is 23.8 Å². The highest BCUT2D eigenvalue weighted by Gasteiger charge is 2.16. The van der Waals surface area contributed by atoms with Crippen molar-refractivity contribution in [1.82, 2.24) is 4.57 Å². The summed E-state index contributed by atoms with van der Waals surface area (Å²) in [4.78, 5) is 29.5. The van der Waals surface area contributed by atoms with E-state index in [0.717, 1.165) is 4.70 Å². The number of fused-ring (bicyclic) bond motifs is 1. The van der Waals surface area contributed by atoms with E-state index in [0.29, 0.717) is 32.4 Å². The Hall–Kier alpha value is -2.84. The quantitative estimate of drug-likeness (QED) is 0.553. The first-order chi connectivity index (χ1) is 14.0. The smallest absolute Gasteiger partial charge is 0.326 e. The minimum atomic E-state index is -0.498. The Kier molecular flexibility index (Phi) is 6.56. The van der Waals surface area contributed by atoms with Crippen LogP contribution in [0.5, 0.6) is 11.5 Å². The van der Waals surface area contributed by atoms with Crippen molar-refractivity contribution in [2.24, 2.45) is 4.99 Å². The highest BCUT2D eigenvalue weighted by atomic mass is 35.5. The van der Waals surface area contributed by atoms with Gasteiger partial charge in [-0.25, -0.2) is 0 Å². The summed E-state index contributed by atoms with van der Waals surface area (Å²) >= 11 is 7.60. The van der Waals surface area contributed by atoms with Crippen molar-refractivity contribution in [2.45, 2.75) is 13.5 Å². The van der Waals surface area contributed by atoms with Crippen LogP contribution in [-0.2, 0) is 16.1 Å². The van der Waals surface area contributed by atoms with Gasteiger partial charge in [-0.1, -0.05) is 29.0 Å². The van der Waals surface area contributed by atoms with Crippen LogP contribution in [0.1, 0.15) is 17.3 Å². The van der Waals surface area contributed by atoms with Crippen LogP contribution in [0.4, 0.5) is 0 Å². The zero-order valence-electron chi connectivity index (χ0n) is 16.1.